The van der Waals surface area contributed by atoms with Crippen molar-refractivity contribution in [2.75, 3.05) is 63.9 Å². The first-order valence-corrected chi connectivity index (χ1v) is 10.6. The predicted octanol–water partition coefficient (Wildman–Crippen LogP) is 0.540. The van der Waals surface area contributed by atoms with Gasteiger partial charge in [0, 0.05) is 70.3 Å². The second kappa shape index (κ2) is 9.45. The summed E-state index contributed by atoms with van der Waals surface area (Å²) in [4.78, 5) is 46.4. The third kappa shape index (κ3) is 4.63. The van der Waals surface area contributed by atoms with Gasteiger partial charge in [0.25, 0.3) is 5.69 Å². The molecule has 1 aromatic heterocycles. The van der Waals surface area contributed by atoms with Crippen LogP contribution in [0, 0.1) is 10.1 Å². The Hall–Kier alpha value is -3.31. The lowest BCUT2D eigenvalue weighted by Crippen LogP contribution is -2.52. The molecule has 0 spiro atoms. The molecular formula is C21H26N6O5. The fourth-order valence-electron chi connectivity index (χ4n) is 4.04. The summed E-state index contributed by atoms with van der Waals surface area (Å²) < 4.78 is 6.89. The number of morpholine rings is 1. The van der Waals surface area contributed by atoms with Gasteiger partial charge in [-0.1, -0.05) is 0 Å². The number of aryl methyl sites for hydroxylation is 1. The highest BCUT2D eigenvalue weighted by Crippen LogP contribution is 2.30. The van der Waals surface area contributed by atoms with Crippen LogP contribution in [0.3, 0.4) is 0 Å². The quantitative estimate of drug-likeness (QED) is 0.362. The second-order valence-electron chi connectivity index (χ2n) is 7.91. The van der Waals surface area contributed by atoms with Crippen LogP contribution in [0.2, 0.25) is 0 Å². The van der Waals surface area contributed by atoms with Crippen molar-refractivity contribution in [3.63, 3.8) is 0 Å². The average Bonchev–Trinajstić information content (AvgIpc) is 3.24. The number of aromatic nitrogens is 2. The van der Waals surface area contributed by atoms with Gasteiger partial charge < -0.3 is 19.1 Å². The largest absolute Gasteiger partial charge is 0.379 e. The number of ether oxygens (including phenoxy) is 1. The Kier molecular flexibility index (Phi) is 6.47. The molecule has 0 N–H and O–H groups in total. The van der Waals surface area contributed by atoms with E-state index in [0.29, 0.717) is 51.6 Å². The Morgan fingerprint density at radius 1 is 1.12 bits per heavy atom. The number of nitrogens with zero attached hydrogens (tertiary/aromatic N) is 6. The number of carbonyl (C=O) groups is 2. The number of piperazine rings is 1. The van der Waals surface area contributed by atoms with E-state index < -0.39 is 4.92 Å². The van der Waals surface area contributed by atoms with Crippen LogP contribution in [-0.2, 0) is 16.6 Å². The van der Waals surface area contributed by atoms with Crippen LogP contribution >= 0.6 is 0 Å². The van der Waals surface area contributed by atoms with E-state index in [1.165, 1.54) is 12.3 Å². The molecule has 0 atom stereocenters. The summed E-state index contributed by atoms with van der Waals surface area (Å²) in [5.41, 5.74) is 0.541. The summed E-state index contributed by atoms with van der Waals surface area (Å²) >= 11 is 0. The van der Waals surface area contributed by atoms with Crippen LogP contribution in [0.5, 0.6) is 0 Å². The predicted molar refractivity (Wildman–Crippen MR) is 116 cm³/mol. The van der Waals surface area contributed by atoms with E-state index in [4.69, 9.17) is 4.74 Å². The molecule has 11 nitrogen and oxygen atoms in total. The van der Waals surface area contributed by atoms with Gasteiger partial charge in [0.05, 0.1) is 24.7 Å². The van der Waals surface area contributed by atoms with E-state index in [1.807, 2.05) is 4.90 Å². The first-order chi connectivity index (χ1) is 15.4. The zero-order chi connectivity index (χ0) is 22.7. The Morgan fingerprint density at radius 2 is 1.84 bits per heavy atom. The first-order valence-electron chi connectivity index (χ1n) is 10.6. The molecule has 11 heteroatoms. The van der Waals surface area contributed by atoms with Crippen molar-refractivity contribution in [3.05, 3.63) is 52.1 Å². The Bertz CT molecular complexity index is 1010. The smallest absolute Gasteiger partial charge is 0.293 e. The van der Waals surface area contributed by atoms with Gasteiger partial charge >= 0.3 is 0 Å². The molecule has 4 rings (SSSR count). The molecule has 2 aliphatic rings. The maximum absolute atomic E-state index is 12.7. The number of hydrogen-bond acceptors (Lipinski definition) is 8. The van der Waals surface area contributed by atoms with Crippen molar-refractivity contribution in [2.45, 2.75) is 0 Å². The van der Waals surface area contributed by atoms with Crippen LogP contribution < -0.4 is 4.90 Å². The summed E-state index contributed by atoms with van der Waals surface area (Å²) in [7, 11) is 1.70. The minimum Gasteiger partial charge on any atom is -0.379 e. The van der Waals surface area contributed by atoms with E-state index in [0.717, 1.165) is 13.1 Å². The normalized spacial score (nSPS) is 17.4. The fourth-order valence-corrected chi connectivity index (χ4v) is 4.04. The van der Waals surface area contributed by atoms with Gasteiger partial charge in [-0.2, -0.15) is 0 Å². The molecule has 0 unspecified atom stereocenters. The van der Waals surface area contributed by atoms with Gasteiger partial charge in [-0.3, -0.25) is 24.6 Å². The maximum atomic E-state index is 12.7. The summed E-state index contributed by atoms with van der Waals surface area (Å²) in [6.45, 7) is 5.12. The SMILES string of the molecule is Cn1ccnc1C(=O)c1ccc(N2CCN(C(=O)CN3CCOCC3)CC2)c([N+](=O)[O-])c1. The molecule has 2 fully saturated rings. The molecule has 2 aliphatic heterocycles. The number of nitro groups is 1. The highest BCUT2D eigenvalue weighted by atomic mass is 16.6. The fraction of sp³-hybridized carbons (Fsp3) is 0.476. The lowest BCUT2D eigenvalue weighted by atomic mass is 10.1. The monoisotopic (exact) mass is 442 g/mol. The van der Waals surface area contributed by atoms with E-state index in [1.54, 1.807) is 34.8 Å². The lowest BCUT2D eigenvalue weighted by molar-refractivity contribution is -0.384. The van der Waals surface area contributed by atoms with Crippen LogP contribution in [0.15, 0.2) is 30.6 Å². The molecule has 32 heavy (non-hydrogen) atoms. The van der Waals surface area contributed by atoms with Gasteiger partial charge in [0.1, 0.15) is 5.69 Å². The Balaban J connectivity index is 1.43. The summed E-state index contributed by atoms with van der Waals surface area (Å²) in [6, 6.07) is 4.51. The summed E-state index contributed by atoms with van der Waals surface area (Å²) in [5, 5.41) is 11.8. The molecule has 2 aromatic rings. The standard InChI is InChI=1S/C21H26N6O5/c1-23-5-4-22-21(23)20(29)16-2-3-17(18(14-16)27(30)31)25-6-8-26(9-7-25)19(28)15-24-10-12-32-13-11-24/h2-5,14H,6-13,15H2,1H3. The highest BCUT2D eigenvalue weighted by molar-refractivity contribution is 6.07. The number of ketones is 1. The number of nitro benzene ring substituents is 1. The van der Waals surface area contributed by atoms with Gasteiger partial charge in [-0.15, -0.1) is 0 Å². The number of benzene rings is 1. The molecule has 0 bridgehead atoms. The maximum Gasteiger partial charge on any atom is 0.293 e. The number of hydrogen-bond donors (Lipinski definition) is 0. The van der Waals surface area contributed by atoms with E-state index >= 15 is 0 Å². The Labute approximate surface area is 185 Å². The molecule has 1 amide bonds. The number of anilines is 1. The minimum absolute atomic E-state index is 0.0667. The number of imidazole rings is 1. The van der Waals surface area contributed by atoms with Crippen molar-refractivity contribution in [1.82, 2.24) is 19.4 Å². The van der Waals surface area contributed by atoms with Crippen LogP contribution in [0.4, 0.5) is 11.4 Å². The third-order valence-corrected chi connectivity index (χ3v) is 5.89. The first kappa shape index (κ1) is 21.9. The molecule has 1 aromatic carbocycles. The van der Waals surface area contributed by atoms with Gasteiger partial charge in [0.15, 0.2) is 5.82 Å². The number of carbonyl (C=O) groups excluding carboxylic acids is 2. The van der Waals surface area contributed by atoms with Crippen molar-refractivity contribution < 1.29 is 19.2 Å². The van der Waals surface area contributed by atoms with Crippen LogP contribution in [0.25, 0.3) is 0 Å². The van der Waals surface area contributed by atoms with E-state index in [9.17, 15) is 19.7 Å². The number of amides is 1. The second-order valence-corrected chi connectivity index (χ2v) is 7.91. The van der Waals surface area contributed by atoms with Gasteiger partial charge in [-0.25, -0.2) is 4.98 Å². The molecule has 2 saturated heterocycles. The van der Waals surface area contributed by atoms with Crippen molar-refractivity contribution in [2.24, 2.45) is 7.05 Å². The molecular weight excluding hydrogens is 416 g/mol. The Morgan fingerprint density at radius 3 is 2.47 bits per heavy atom. The number of rotatable bonds is 6. The van der Waals surface area contributed by atoms with E-state index in [-0.39, 0.29) is 28.8 Å². The zero-order valence-corrected chi connectivity index (χ0v) is 18.0. The molecule has 170 valence electrons. The zero-order valence-electron chi connectivity index (χ0n) is 18.0. The topological polar surface area (TPSA) is 114 Å². The molecule has 0 saturated carbocycles. The van der Waals surface area contributed by atoms with Gasteiger partial charge in [0.2, 0.25) is 11.7 Å². The van der Waals surface area contributed by atoms with Crippen LogP contribution in [-0.4, -0.2) is 95.0 Å². The van der Waals surface area contributed by atoms with Crippen molar-refractivity contribution >= 4 is 23.1 Å². The third-order valence-electron chi connectivity index (χ3n) is 5.89. The van der Waals surface area contributed by atoms with Crippen molar-refractivity contribution in [3.8, 4) is 0 Å². The average molecular weight is 442 g/mol. The van der Waals surface area contributed by atoms with Crippen molar-refractivity contribution in [1.29, 1.82) is 0 Å². The molecule has 3 heterocycles. The summed E-state index contributed by atoms with van der Waals surface area (Å²) in [6.07, 6.45) is 3.16. The molecule has 0 aliphatic carbocycles. The molecule has 0 radical (unpaired) electrons. The van der Waals surface area contributed by atoms with E-state index in [2.05, 4.69) is 9.88 Å². The minimum atomic E-state index is -0.472. The van der Waals surface area contributed by atoms with Gasteiger partial charge in [-0.05, 0) is 12.1 Å². The highest BCUT2D eigenvalue weighted by Gasteiger charge is 2.28. The van der Waals surface area contributed by atoms with Crippen LogP contribution in [0.1, 0.15) is 16.2 Å². The lowest BCUT2D eigenvalue weighted by Gasteiger charge is -2.37. The summed E-state index contributed by atoms with van der Waals surface area (Å²) in [5.74, 6) is -0.0813.